The third kappa shape index (κ3) is 7.94. The number of hydrogen-bond donors (Lipinski definition) is 0. The predicted octanol–water partition coefficient (Wildman–Crippen LogP) is 7.93. The molecule has 1 nitrogen and oxygen atoms in total. The Balaban J connectivity index is 2.84. The van der Waals surface area contributed by atoms with Gasteiger partial charge in [0.2, 0.25) is 0 Å². The highest BCUT2D eigenvalue weighted by molar-refractivity contribution is 5.43. The van der Waals surface area contributed by atoms with Crippen LogP contribution in [-0.4, -0.2) is 12.2 Å². The Bertz CT molecular complexity index is 423. The molecule has 25 heavy (non-hydrogen) atoms. The summed E-state index contributed by atoms with van der Waals surface area (Å²) in [6, 6.07) is 0. The Kier molecular flexibility index (Phi) is 11.1. The second-order valence-electron chi connectivity index (χ2n) is 7.77. The smallest absolute Gasteiger partial charge is 0.0873 e. The topological polar surface area (TPSA) is 9.23 Å². The van der Waals surface area contributed by atoms with E-state index in [1.165, 1.54) is 75.4 Å². The first-order valence-electron chi connectivity index (χ1n) is 10.8. The van der Waals surface area contributed by atoms with E-state index in [1.807, 2.05) is 0 Å². The van der Waals surface area contributed by atoms with Crippen molar-refractivity contribution in [2.24, 2.45) is 0 Å². The normalized spacial score (nSPS) is 15.9. The summed E-state index contributed by atoms with van der Waals surface area (Å²) >= 11 is 0. The van der Waals surface area contributed by atoms with Gasteiger partial charge in [-0.25, -0.2) is 0 Å². The maximum Gasteiger partial charge on any atom is 0.0873 e. The fraction of sp³-hybridized carbons (Fsp3) is 0.750. The van der Waals surface area contributed by atoms with E-state index in [2.05, 4.69) is 46.4 Å². The Morgan fingerprint density at radius 1 is 0.960 bits per heavy atom. The van der Waals surface area contributed by atoms with Crippen molar-refractivity contribution < 1.29 is 4.74 Å². The van der Waals surface area contributed by atoms with E-state index >= 15 is 0 Å². The van der Waals surface area contributed by atoms with E-state index in [9.17, 15) is 0 Å². The molecule has 0 bridgehead atoms. The van der Waals surface area contributed by atoms with Gasteiger partial charge in [-0.1, -0.05) is 84.4 Å². The SMILES string of the molecule is C=C(C=C(CCCC)CCCC)C1=CC(CCCC)(CCCC)OC1. The molecule has 0 atom stereocenters. The van der Waals surface area contributed by atoms with Crippen LogP contribution in [0.3, 0.4) is 0 Å². The highest BCUT2D eigenvalue weighted by Crippen LogP contribution is 2.36. The highest BCUT2D eigenvalue weighted by Gasteiger charge is 2.33. The molecule has 0 saturated heterocycles. The number of rotatable bonds is 14. The van der Waals surface area contributed by atoms with Crippen molar-refractivity contribution in [3.05, 3.63) is 35.5 Å². The summed E-state index contributed by atoms with van der Waals surface area (Å²) in [6.45, 7) is 14.2. The fourth-order valence-corrected chi connectivity index (χ4v) is 3.59. The number of unbranched alkanes of at least 4 members (excludes halogenated alkanes) is 4. The lowest BCUT2D eigenvalue weighted by atomic mass is 9.89. The second kappa shape index (κ2) is 12.5. The fourth-order valence-electron chi connectivity index (χ4n) is 3.59. The minimum Gasteiger partial charge on any atom is -0.366 e. The summed E-state index contributed by atoms with van der Waals surface area (Å²) in [7, 11) is 0. The third-order valence-corrected chi connectivity index (χ3v) is 5.35. The largest absolute Gasteiger partial charge is 0.366 e. The van der Waals surface area contributed by atoms with Crippen LogP contribution in [0.5, 0.6) is 0 Å². The Morgan fingerprint density at radius 3 is 1.96 bits per heavy atom. The molecule has 0 saturated carbocycles. The van der Waals surface area contributed by atoms with Crippen molar-refractivity contribution in [2.75, 3.05) is 6.61 Å². The zero-order valence-electron chi connectivity index (χ0n) is 17.5. The van der Waals surface area contributed by atoms with Gasteiger partial charge in [-0.2, -0.15) is 0 Å². The molecule has 1 aliphatic rings. The van der Waals surface area contributed by atoms with Crippen molar-refractivity contribution in [3.63, 3.8) is 0 Å². The predicted molar refractivity (Wildman–Crippen MR) is 112 cm³/mol. The van der Waals surface area contributed by atoms with E-state index in [-0.39, 0.29) is 5.60 Å². The maximum atomic E-state index is 6.34. The Labute approximate surface area is 157 Å². The molecule has 1 rings (SSSR count). The van der Waals surface area contributed by atoms with Gasteiger partial charge in [0.05, 0.1) is 12.2 Å². The average Bonchev–Trinajstić information content (AvgIpc) is 3.05. The van der Waals surface area contributed by atoms with Gasteiger partial charge in [-0.05, 0) is 55.7 Å². The summed E-state index contributed by atoms with van der Waals surface area (Å²) in [5.41, 5.74) is 4.08. The van der Waals surface area contributed by atoms with Crippen molar-refractivity contribution >= 4 is 0 Å². The molecule has 0 N–H and O–H groups in total. The molecular weight excluding hydrogens is 304 g/mol. The lowest BCUT2D eigenvalue weighted by Gasteiger charge is -2.26. The van der Waals surface area contributed by atoms with Gasteiger partial charge in [0.25, 0.3) is 0 Å². The van der Waals surface area contributed by atoms with Gasteiger partial charge >= 0.3 is 0 Å². The molecule has 1 aliphatic heterocycles. The Morgan fingerprint density at radius 2 is 1.48 bits per heavy atom. The molecule has 0 aromatic carbocycles. The summed E-state index contributed by atoms with van der Waals surface area (Å²) in [5, 5.41) is 0. The van der Waals surface area contributed by atoms with Gasteiger partial charge in [0, 0.05) is 0 Å². The molecule has 0 radical (unpaired) electrons. The lowest BCUT2D eigenvalue weighted by Crippen LogP contribution is -2.26. The standard InChI is InChI=1S/C24H42O/c1-6-10-14-22(15-11-7-2)18-21(5)23-19-24(25-20-23,16-12-8-3)17-13-9-4/h18-19H,5-17,20H2,1-4H3. The summed E-state index contributed by atoms with van der Waals surface area (Å²) in [5.74, 6) is 0. The molecule has 1 heteroatoms. The highest BCUT2D eigenvalue weighted by atomic mass is 16.5. The lowest BCUT2D eigenvalue weighted by molar-refractivity contribution is 0.00804. The van der Waals surface area contributed by atoms with Gasteiger partial charge in [0.15, 0.2) is 0 Å². The van der Waals surface area contributed by atoms with Gasteiger partial charge in [-0.15, -0.1) is 0 Å². The monoisotopic (exact) mass is 346 g/mol. The molecule has 0 unspecified atom stereocenters. The molecule has 0 amide bonds. The molecule has 144 valence electrons. The first-order valence-corrected chi connectivity index (χ1v) is 10.8. The van der Waals surface area contributed by atoms with Crippen LogP contribution in [0.1, 0.15) is 105 Å². The van der Waals surface area contributed by atoms with Crippen molar-refractivity contribution in [1.29, 1.82) is 0 Å². The van der Waals surface area contributed by atoms with E-state index < -0.39 is 0 Å². The molecule has 0 aromatic rings. The van der Waals surface area contributed by atoms with Gasteiger partial charge < -0.3 is 4.74 Å². The van der Waals surface area contributed by atoms with Crippen LogP contribution in [0.15, 0.2) is 35.5 Å². The van der Waals surface area contributed by atoms with E-state index in [1.54, 1.807) is 5.57 Å². The number of ether oxygens (including phenoxy) is 1. The zero-order valence-corrected chi connectivity index (χ0v) is 17.5. The second-order valence-corrected chi connectivity index (χ2v) is 7.77. The van der Waals surface area contributed by atoms with Crippen molar-refractivity contribution in [2.45, 2.75) is 110 Å². The van der Waals surface area contributed by atoms with E-state index in [4.69, 9.17) is 4.74 Å². The average molecular weight is 347 g/mol. The summed E-state index contributed by atoms with van der Waals surface area (Å²) < 4.78 is 6.34. The van der Waals surface area contributed by atoms with Crippen LogP contribution >= 0.6 is 0 Å². The first-order chi connectivity index (χ1) is 12.1. The number of hydrogen-bond acceptors (Lipinski definition) is 1. The van der Waals surface area contributed by atoms with Crippen molar-refractivity contribution in [1.82, 2.24) is 0 Å². The zero-order chi connectivity index (χ0) is 18.5. The van der Waals surface area contributed by atoms with Crippen LogP contribution in [0, 0.1) is 0 Å². The number of allylic oxidation sites excluding steroid dienone is 2. The quantitative estimate of drug-likeness (QED) is 0.290. The third-order valence-electron chi connectivity index (χ3n) is 5.35. The molecule has 1 heterocycles. The van der Waals surface area contributed by atoms with Crippen LogP contribution in [-0.2, 0) is 4.74 Å². The van der Waals surface area contributed by atoms with Crippen LogP contribution < -0.4 is 0 Å². The minimum atomic E-state index is -0.0227. The van der Waals surface area contributed by atoms with Crippen LogP contribution in [0.2, 0.25) is 0 Å². The molecule has 0 aromatic heterocycles. The van der Waals surface area contributed by atoms with E-state index in [0.717, 1.165) is 19.4 Å². The van der Waals surface area contributed by atoms with Crippen LogP contribution in [0.4, 0.5) is 0 Å². The first kappa shape index (κ1) is 22.2. The van der Waals surface area contributed by atoms with Gasteiger partial charge in [0.1, 0.15) is 0 Å². The van der Waals surface area contributed by atoms with E-state index in [0.29, 0.717) is 0 Å². The van der Waals surface area contributed by atoms with Crippen molar-refractivity contribution in [3.8, 4) is 0 Å². The maximum absolute atomic E-state index is 6.34. The molecule has 0 aliphatic carbocycles. The van der Waals surface area contributed by atoms with Gasteiger partial charge in [-0.3, -0.25) is 0 Å². The molecule has 0 fully saturated rings. The summed E-state index contributed by atoms with van der Waals surface area (Å²) in [6.07, 6.45) is 19.6. The molecule has 0 spiro atoms. The molecular formula is C24H42O. The Hall–Kier alpha value is -0.820. The summed E-state index contributed by atoms with van der Waals surface area (Å²) in [4.78, 5) is 0. The van der Waals surface area contributed by atoms with Crippen LogP contribution in [0.25, 0.3) is 0 Å². The minimum absolute atomic E-state index is 0.0227.